The molecule has 0 atom stereocenters. The smallest absolute Gasteiger partial charge is 0.164 e. The van der Waals surface area contributed by atoms with Gasteiger partial charge in [-0.2, -0.15) is 0 Å². The zero-order valence-electron chi connectivity index (χ0n) is 30.3. The Morgan fingerprint density at radius 2 is 1.09 bits per heavy atom. The van der Waals surface area contributed by atoms with Crippen molar-refractivity contribution in [3.8, 4) is 67.5 Å². The monoisotopic (exact) mass is 735 g/mol. The van der Waals surface area contributed by atoms with Gasteiger partial charge in [0.25, 0.3) is 0 Å². The maximum absolute atomic E-state index is 6.77. The zero-order valence-corrected chi connectivity index (χ0v) is 31.1. The van der Waals surface area contributed by atoms with Crippen molar-refractivity contribution in [3.63, 3.8) is 0 Å². The lowest BCUT2D eigenvalue weighted by Crippen LogP contribution is -2.00. The maximum Gasteiger partial charge on any atom is 0.164 e. The first-order valence-corrected chi connectivity index (χ1v) is 19.8. The molecular weight excluding hydrogens is 703 g/mol. The first-order chi connectivity index (χ1) is 27.7. The minimum Gasteiger partial charge on any atom is -0.456 e. The Morgan fingerprint density at radius 3 is 1.82 bits per heavy atom. The van der Waals surface area contributed by atoms with Crippen molar-refractivity contribution in [3.05, 3.63) is 181 Å². The predicted molar refractivity (Wildman–Crippen MR) is 232 cm³/mol. The molecule has 0 fully saturated rings. The average molecular weight is 736 g/mol. The van der Waals surface area contributed by atoms with E-state index in [1.807, 2.05) is 72.0 Å². The summed E-state index contributed by atoms with van der Waals surface area (Å²) in [6.45, 7) is 0. The number of aryl methyl sites for hydroxylation is 1. The van der Waals surface area contributed by atoms with Crippen LogP contribution in [0.25, 0.3) is 105 Å². The fourth-order valence-electron chi connectivity index (χ4n) is 8.13. The van der Waals surface area contributed by atoms with E-state index >= 15 is 0 Å². The van der Waals surface area contributed by atoms with Crippen LogP contribution in [-0.2, 0) is 6.42 Å². The molecule has 10 aromatic rings. The fraction of sp³-hybridized carbons (Fsp3) is 0.0392. The molecule has 0 aliphatic heterocycles. The number of fused-ring (bicyclic) bond motifs is 6. The lowest BCUT2D eigenvalue weighted by atomic mass is 9.89. The van der Waals surface area contributed by atoms with Crippen LogP contribution in [0.15, 0.2) is 174 Å². The summed E-state index contributed by atoms with van der Waals surface area (Å²) in [5.74, 6) is 2.84. The number of rotatable bonds is 6. The first-order valence-electron chi connectivity index (χ1n) is 19.0. The fourth-order valence-corrected chi connectivity index (χ4v) is 9.40. The molecule has 7 aromatic carbocycles. The molecule has 3 heterocycles. The first kappa shape index (κ1) is 32.5. The normalized spacial score (nSPS) is 12.4. The molecule has 56 heavy (non-hydrogen) atoms. The molecule has 264 valence electrons. The number of allylic oxidation sites excluding steroid dienone is 1. The van der Waals surface area contributed by atoms with Gasteiger partial charge in [-0.25, -0.2) is 15.0 Å². The van der Waals surface area contributed by atoms with Crippen LogP contribution in [0.4, 0.5) is 0 Å². The summed E-state index contributed by atoms with van der Waals surface area (Å²) < 4.78 is 9.36. The molecule has 0 bridgehead atoms. The minimum absolute atomic E-state index is 0.621. The summed E-state index contributed by atoms with van der Waals surface area (Å²) in [7, 11) is 0. The highest BCUT2D eigenvalue weighted by molar-refractivity contribution is 7.26. The van der Waals surface area contributed by atoms with E-state index in [0.29, 0.717) is 17.5 Å². The second-order valence-corrected chi connectivity index (χ2v) is 15.3. The summed E-state index contributed by atoms with van der Waals surface area (Å²) in [6.07, 6.45) is 6.28. The van der Waals surface area contributed by atoms with E-state index in [4.69, 9.17) is 19.4 Å². The molecule has 5 heteroatoms. The summed E-state index contributed by atoms with van der Waals surface area (Å²) in [6, 6.07) is 57.7. The molecule has 0 spiro atoms. The summed E-state index contributed by atoms with van der Waals surface area (Å²) in [5, 5.41) is 3.75. The SMILES string of the molecule is C1=Cc2oc3c(-c4cccc(-c5nc(-c6ccccc6)nc(-c6ccccc6)n5)c4)cc(-c4ccc5c(sc6ccccc65)c4-c4ccccc4)cc3c2CC1. The van der Waals surface area contributed by atoms with E-state index in [0.717, 1.165) is 63.0 Å². The second kappa shape index (κ2) is 13.4. The van der Waals surface area contributed by atoms with Gasteiger partial charge < -0.3 is 4.42 Å². The number of benzene rings is 7. The molecule has 0 amide bonds. The van der Waals surface area contributed by atoms with Crippen molar-refractivity contribution < 1.29 is 4.42 Å². The van der Waals surface area contributed by atoms with E-state index in [1.165, 1.54) is 42.4 Å². The Kier molecular flexibility index (Phi) is 7.78. The van der Waals surface area contributed by atoms with Crippen LogP contribution in [-0.4, -0.2) is 15.0 Å². The number of furan rings is 1. The highest BCUT2D eigenvalue weighted by Crippen LogP contribution is 2.47. The van der Waals surface area contributed by atoms with Crippen LogP contribution in [0.2, 0.25) is 0 Å². The van der Waals surface area contributed by atoms with Gasteiger partial charge in [0.15, 0.2) is 17.5 Å². The Hall–Kier alpha value is -6.95. The number of thiophene rings is 1. The zero-order chi connectivity index (χ0) is 37.0. The van der Waals surface area contributed by atoms with Crippen LogP contribution in [0.3, 0.4) is 0 Å². The predicted octanol–water partition coefficient (Wildman–Crippen LogP) is 13.9. The molecular formula is C51H33N3OS. The van der Waals surface area contributed by atoms with Gasteiger partial charge in [-0.15, -0.1) is 11.3 Å². The van der Waals surface area contributed by atoms with Crippen molar-refractivity contribution >= 4 is 48.6 Å². The molecule has 0 saturated carbocycles. The number of aromatic nitrogens is 3. The molecule has 4 nitrogen and oxygen atoms in total. The topological polar surface area (TPSA) is 51.8 Å². The quantitative estimate of drug-likeness (QED) is 0.171. The van der Waals surface area contributed by atoms with Gasteiger partial charge in [-0.1, -0.05) is 146 Å². The molecule has 0 radical (unpaired) electrons. The highest BCUT2D eigenvalue weighted by Gasteiger charge is 2.23. The maximum atomic E-state index is 6.77. The van der Waals surface area contributed by atoms with Crippen molar-refractivity contribution in [2.45, 2.75) is 12.8 Å². The van der Waals surface area contributed by atoms with Crippen LogP contribution >= 0.6 is 11.3 Å². The highest BCUT2D eigenvalue weighted by atomic mass is 32.1. The van der Waals surface area contributed by atoms with Crippen LogP contribution < -0.4 is 0 Å². The largest absolute Gasteiger partial charge is 0.456 e. The molecule has 3 aromatic heterocycles. The van der Waals surface area contributed by atoms with Gasteiger partial charge in [0, 0.05) is 58.9 Å². The van der Waals surface area contributed by atoms with Gasteiger partial charge in [-0.05, 0) is 65.4 Å². The third kappa shape index (κ3) is 5.55. The number of nitrogens with zero attached hydrogens (tertiary/aromatic N) is 3. The van der Waals surface area contributed by atoms with Crippen LogP contribution in [0.5, 0.6) is 0 Å². The van der Waals surface area contributed by atoms with E-state index in [9.17, 15) is 0 Å². The Labute approximate surface area is 328 Å². The van der Waals surface area contributed by atoms with Gasteiger partial charge in [0.2, 0.25) is 0 Å². The minimum atomic E-state index is 0.621. The number of hydrogen-bond donors (Lipinski definition) is 0. The van der Waals surface area contributed by atoms with E-state index < -0.39 is 0 Å². The van der Waals surface area contributed by atoms with Crippen LogP contribution in [0.1, 0.15) is 17.7 Å². The van der Waals surface area contributed by atoms with E-state index in [2.05, 4.69) is 115 Å². The third-order valence-electron chi connectivity index (χ3n) is 10.8. The van der Waals surface area contributed by atoms with Gasteiger partial charge in [-0.3, -0.25) is 0 Å². The average Bonchev–Trinajstić information content (AvgIpc) is 3.85. The molecule has 1 aliphatic carbocycles. The van der Waals surface area contributed by atoms with Crippen molar-refractivity contribution in [2.24, 2.45) is 0 Å². The molecule has 1 aliphatic rings. The Balaban J connectivity index is 1.14. The molecule has 0 unspecified atom stereocenters. The Morgan fingerprint density at radius 1 is 0.464 bits per heavy atom. The van der Waals surface area contributed by atoms with Gasteiger partial charge in [0.05, 0.1) is 0 Å². The van der Waals surface area contributed by atoms with Crippen molar-refractivity contribution in [1.82, 2.24) is 15.0 Å². The molecule has 0 saturated heterocycles. The van der Waals surface area contributed by atoms with Crippen LogP contribution in [0, 0.1) is 0 Å². The van der Waals surface area contributed by atoms with Gasteiger partial charge in [0.1, 0.15) is 11.3 Å². The summed E-state index contributed by atoms with van der Waals surface area (Å²) >= 11 is 1.87. The summed E-state index contributed by atoms with van der Waals surface area (Å²) in [4.78, 5) is 15.0. The molecule has 0 N–H and O–H groups in total. The summed E-state index contributed by atoms with van der Waals surface area (Å²) in [5.41, 5.74) is 11.9. The second-order valence-electron chi connectivity index (χ2n) is 14.2. The Bertz CT molecular complexity index is 3070. The standard InChI is InChI=1S/C51H33N3OS/c1-4-15-32(16-5-1)46-38(27-28-41-40-24-11-13-26-45(40)56-48(41)46)37-30-42(47-43(31-37)39-23-10-12-25-44(39)55-47)35-21-14-22-36(29-35)51-53-49(33-17-6-2-7-18-33)52-50(54-51)34-19-8-3-9-20-34/h1-9,11-22,24-31H,10,23H2. The van der Waals surface area contributed by atoms with Crippen molar-refractivity contribution in [1.29, 1.82) is 0 Å². The van der Waals surface area contributed by atoms with Crippen molar-refractivity contribution in [2.75, 3.05) is 0 Å². The van der Waals surface area contributed by atoms with Gasteiger partial charge >= 0.3 is 0 Å². The van der Waals surface area contributed by atoms with E-state index in [-0.39, 0.29) is 0 Å². The molecule has 11 rings (SSSR count). The third-order valence-corrected chi connectivity index (χ3v) is 12.0. The number of hydrogen-bond acceptors (Lipinski definition) is 5. The van der Waals surface area contributed by atoms with E-state index in [1.54, 1.807) is 0 Å². The lowest BCUT2D eigenvalue weighted by molar-refractivity contribution is 0.596. The lowest BCUT2D eigenvalue weighted by Gasteiger charge is -2.15.